The van der Waals surface area contributed by atoms with Crippen molar-refractivity contribution in [2.75, 3.05) is 13.4 Å². The summed E-state index contributed by atoms with van der Waals surface area (Å²) in [5, 5.41) is 11.3. The van der Waals surface area contributed by atoms with Crippen LogP contribution in [0.4, 0.5) is 5.69 Å². The molecular weight excluding hydrogens is 338 g/mol. The van der Waals surface area contributed by atoms with Crippen molar-refractivity contribution in [1.82, 2.24) is 0 Å². The molecule has 0 N–H and O–H groups in total. The third kappa shape index (κ3) is 4.31. The van der Waals surface area contributed by atoms with E-state index in [2.05, 4.69) is 0 Å². The van der Waals surface area contributed by atoms with Crippen molar-refractivity contribution < 1.29 is 18.1 Å². The normalized spacial score (nSPS) is 11.4. The molecule has 6 nitrogen and oxygen atoms in total. The number of rotatable bonds is 6. The van der Waals surface area contributed by atoms with E-state index in [0.29, 0.717) is 6.61 Å². The summed E-state index contributed by atoms with van der Waals surface area (Å²) in [6.07, 6.45) is 0.962. The molecule has 0 aliphatic heterocycles. The highest BCUT2D eigenvalue weighted by Crippen LogP contribution is 2.38. The van der Waals surface area contributed by atoms with Crippen molar-refractivity contribution in [3.63, 3.8) is 0 Å². The Kier molecular flexibility index (Phi) is 5.40. The van der Waals surface area contributed by atoms with Crippen molar-refractivity contribution >= 4 is 27.3 Å². The van der Waals surface area contributed by atoms with Crippen LogP contribution in [-0.2, 0) is 21.2 Å². The lowest BCUT2D eigenvalue weighted by Gasteiger charge is -2.07. The Hall–Kier alpha value is -1.90. The van der Waals surface area contributed by atoms with Crippen molar-refractivity contribution in [2.45, 2.75) is 21.3 Å². The van der Waals surface area contributed by atoms with Gasteiger partial charge in [0.05, 0.1) is 16.4 Å². The molecule has 23 heavy (non-hydrogen) atoms. The van der Waals surface area contributed by atoms with Crippen LogP contribution in [0.15, 0.2) is 57.2 Å². The van der Waals surface area contributed by atoms with Gasteiger partial charge in [-0.2, -0.15) is 0 Å². The fraction of sp³-hybridized carbons (Fsp3) is 0.200. The molecule has 2 aromatic rings. The van der Waals surface area contributed by atoms with Gasteiger partial charge >= 0.3 is 5.69 Å². The van der Waals surface area contributed by atoms with Gasteiger partial charge in [0.1, 0.15) is 4.90 Å². The van der Waals surface area contributed by atoms with Crippen LogP contribution in [0, 0.1) is 10.1 Å². The molecule has 0 spiro atoms. The minimum absolute atomic E-state index is 0.275. The second kappa shape index (κ2) is 7.12. The molecule has 0 heterocycles. The zero-order chi connectivity index (χ0) is 17.0. The Morgan fingerprint density at radius 3 is 2.35 bits per heavy atom. The number of benzene rings is 2. The van der Waals surface area contributed by atoms with Gasteiger partial charge in [-0.25, -0.2) is 8.42 Å². The fourth-order valence-electron chi connectivity index (χ4n) is 2.01. The van der Waals surface area contributed by atoms with Crippen LogP contribution in [0.3, 0.4) is 0 Å². The van der Waals surface area contributed by atoms with E-state index in [0.717, 1.165) is 28.5 Å². The number of nitro groups is 1. The number of nitro benzene ring substituents is 1. The summed E-state index contributed by atoms with van der Waals surface area (Å²) >= 11 is 1.15. The molecule has 0 amide bonds. The van der Waals surface area contributed by atoms with Crippen LogP contribution in [0.1, 0.15) is 5.56 Å². The molecule has 0 bridgehead atoms. The molecule has 0 saturated heterocycles. The maximum Gasteiger partial charge on any atom is 0.301 e. The lowest BCUT2D eigenvalue weighted by molar-refractivity contribution is -0.390. The average Bonchev–Trinajstić information content (AvgIpc) is 2.48. The molecule has 8 heteroatoms. The van der Waals surface area contributed by atoms with Gasteiger partial charge in [-0.05, 0) is 29.8 Å². The molecule has 0 atom stereocenters. The smallest absolute Gasteiger partial charge is 0.301 e. The maximum atomic E-state index is 11.8. The van der Waals surface area contributed by atoms with Crippen LogP contribution in [0.25, 0.3) is 0 Å². The Morgan fingerprint density at radius 1 is 1.17 bits per heavy atom. The van der Waals surface area contributed by atoms with E-state index in [1.54, 1.807) is 13.2 Å². The summed E-state index contributed by atoms with van der Waals surface area (Å²) in [6, 6.07) is 11.6. The zero-order valence-electron chi connectivity index (χ0n) is 12.6. The molecule has 2 rings (SSSR count). The largest absolute Gasteiger partial charge is 0.380 e. The summed E-state index contributed by atoms with van der Waals surface area (Å²) in [6.45, 7) is 0.481. The van der Waals surface area contributed by atoms with Crippen LogP contribution in [0.5, 0.6) is 0 Å². The third-order valence-electron chi connectivity index (χ3n) is 3.01. The van der Waals surface area contributed by atoms with E-state index in [1.807, 2.05) is 24.3 Å². The molecule has 122 valence electrons. The molecule has 0 aliphatic carbocycles. The Bertz CT molecular complexity index is 816. The predicted octanol–water partition coefficient (Wildman–Crippen LogP) is 3.30. The minimum Gasteiger partial charge on any atom is -0.380 e. The third-order valence-corrected chi connectivity index (χ3v) is 5.19. The van der Waals surface area contributed by atoms with E-state index in [-0.39, 0.29) is 15.5 Å². The topological polar surface area (TPSA) is 86.5 Å². The number of hydrogen-bond acceptors (Lipinski definition) is 6. The average molecular weight is 353 g/mol. The van der Waals surface area contributed by atoms with E-state index < -0.39 is 14.8 Å². The van der Waals surface area contributed by atoms with Gasteiger partial charge in [0.2, 0.25) is 0 Å². The first-order chi connectivity index (χ1) is 10.8. The number of sulfone groups is 1. The molecule has 0 fully saturated rings. The number of ether oxygens (including phenoxy) is 1. The minimum atomic E-state index is -3.68. The first-order valence-electron chi connectivity index (χ1n) is 6.56. The van der Waals surface area contributed by atoms with Crippen LogP contribution in [0.2, 0.25) is 0 Å². The number of hydrogen-bond donors (Lipinski definition) is 0. The van der Waals surface area contributed by atoms with Crippen LogP contribution >= 0.6 is 11.8 Å². The first kappa shape index (κ1) is 17.5. The van der Waals surface area contributed by atoms with E-state index in [1.165, 1.54) is 12.1 Å². The number of methoxy groups -OCH3 is 1. The lowest BCUT2D eigenvalue weighted by atomic mass is 10.2. The maximum absolute atomic E-state index is 11.8. The highest BCUT2D eigenvalue weighted by molar-refractivity contribution is 7.99. The number of para-hydroxylation sites is 1. The molecule has 0 saturated carbocycles. The number of nitrogens with zero attached hydrogens (tertiary/aromatic N) is 1. The van der Waals surface area contributed by atoms with Crippen LogP contribution in [-0.4, -0.2) is 26.7 Å². The van der Waals surface area contributed by atoms with Crippen molar-refractivity contribution in [1.29, 1.82) is 0 Å². The van der Waals surface area contributed by atoms with Crippen molar-refractivity contribution in [3.05, 3.63) is 58.1 Å². The van der Waals surface area contributed by atoms with Crippen molar-refractivity contribution in [2.24, 2.45) is 0 Å². The van der Waals surface area contributed by atoms with Crippen LogP contribution < -0.4 is 0 Å². The second-order valence-electron chi connectivity index (χ2n) is 4.81. The van der Waals surface area contributed by atoms with Gasteiger partial charge in [-0.3, -0.25) is 10.1 Å². The summed E-state index contributed by atoms with van der Waals surface area (Å²) < 4.78 is 28.5. The quantitative estimate of drug-likeness (QED) is 0.585. The van der Waals surface area contributed by atoms with Gasteiger partial charge in [0, 0.05) is 18.3 Å². The molecular formula is C15H15NO5S2. The lowest BCUT2D eigenvalue weighted by Crippen LogP contribution is -2.03. The van der Waals surface area contributed by atoms with Gasteiger partial charge in [-0.1, -0.05) is 30.0 Å². The Labute approximate surface area is 138 Å². The summed E-state index contributed by atoms with van der Waals surface area (Å²) in [5.41, 5.74) is 0.595. The van der Waals surface area contributed by atoms with E-state index in [9.17, 15) is 18.5 Å². The molecule has 0 radical (unpaired) electrons. The molecule has 2 aromatic carbocycles. The molecule has 0 aliphatic rings. The summed E-state index contributed by atoms with van der Waals surface area (Å²) in [5.74, 6) is 0. The SMILES string of the molecule is COCc1ccc(Sc2cccc(S(C)(=O)=O)c2[N+](=O)[O-])cc1. The zero-order valence-corrected chi connectivity index (χ0v) is 14.2. The second-order valence-corrected chi connectivity index (χ2v) is 7.91. The Balaban J connectivity index is 2.42. The van der Waals surface area contributed by atoms with E-state index in [4.69, 9.17) is 4.74 Å². The molecule has 0 unspecified atom stereocenters. The highest BCUT2D eigenvalue weighted by atomic mass is 32.2. The first-order valence-corrected chi connectivity index (χ1v) is 9.27. The monoisotopic (exact) mass is 353 g/mol. The molecule has 0 aromatic heterocycles. The summed E-state index contributed by atoms with van der Waals surface area (Å²) in [4.78, 5) is 11.5. The standard InChI is InChI=1S/C15H15NO5S2/c1-21-10-11-6-8-12(9-7-11)22-13-4-3-5-14(23(2,19)20)15(13)16(17)18/h3-9H,10H2,1-2H3. The fourth-order valence-corrected chi connectivity index (χ4v) is 3.89. The van der Waals surface area contributed by atoms with Crippen molar-refractivity contribution in [3.8, 4) is 0 Å². The Morgan fingerprint density at radius 2 is 1.83 bits per heavy atom. The van der Waals surface area contributed by atoms with Gasteiger partial charge in [0.15, 0.2) is 9.84 Å². The van der Waals surface area contributed by atoms with Gasteiger partial charge < -0.3 is 4.74 Å². The summed E-state index contributed by atoms with van der Waals surface area (Å²) in [7, 11) is -2.08. The van der Waals surface area contributed by atoms with E-state index >= 15 is 0 Å². The van der Waals surface area contributed by atoms with Gasteiger partial charge in [0.25, 0.3) is 0 Å². The van der Waals surface area contributed by atoms with Gasteiger partial charge in [-0.15, -0.1) is 0 Å². The highest BCUT2D eigenvalue weighted by Gasteiger charge is 2.26. The predicted molar refractivity (Wildman–Crippen MR) is 87.5 cm³/mol.